The van der Waals surface area contributed by atoms with Crippen LogP contribution in [0.4, 0.5) is 0 Å². The van der Waals surface area contributed by atoms with Crippen molar-refractivity contribution in [3.05, 3.63) is 0 Å². The lowest BCUT2D eigenvalue weighted by atomic mass is 9.82. The molecule has 0 aromatic carbocycles. The van der Waals surface area contributed by atoms with E-state index in [-0.39, 0.29) is 0 Å². The summed E-state index contributed by atoms with van der Waals surface area (Å²) in [5.74, 6) is 0.979. The lowest BCUT2D eigenvalue weighted by molar-refractivity contribution is 0.256. The molecule has 126 valence electrons. The van der Waals surface area contributed by atoms with Crippen LogP contribution < -0.4 is 5.32 Å². The van der Waals surface area contributed by atoms with Crippen molar-refractivity contribution in [2.45, 2.75) is 116 Å². The second-order valence-electron chi connectivity index (χ2n) is 7.18. The highest BCUT2D eigenvalue weighted by Gasteiger charge is 2.22. The molecule has 0 heterocycles. The van der Waals surface area contributed by atoms with Gasteiger partial charge in [-0.15, -0.1) is 0 Å². The van der Waals surface area contributed by atoms with E-state index < -0.39 is 0 Å². The zero-order valence-electron chi connectivity index (χ0n) is 15.0. The molecule has 1 unspecified atom stereocenters. The molecule has 21 heavy (non-hydrogen) atoms. The normalized spacial score (nSPS) is 18.0. The van der Waals surface area contributed by atoms with E-state index in [0.717, 1.165) is 18.5 Å². The van der Waals surface area contributed by atoms with Crippen LogP contribution in [0.3, 0.4) is 0 Å². The number of rotatable bonds is 13. The third-order valence-electron chi connectivity index (χ3n) is 5.30. The van der Waals surface area contributed by atoms with Crippen LogP contribution in [-0.4, -0.2) is 12.6 Å². The molecule has 1 heteroatoms. The maximum absolute atomic E-state index is 3.78. The van der Waals surface area contributed by atoms with Crippen molar-refractivity contribution in [2.75, 3.05) is 6.54 Å². The van der Waals surface area contributed by atoms with Gasteiger partial charge < -0.3 is 5.32 Å². The third kappa shape index (κ3) is 9.55. The van der Waals surface area contributed by atoms with Gasteiger partial charge in [-0.1, -0.05) is 90.9 Å². The van der Waals surface area contributed by atoms with Crippen molar-refractivity contribution >= 4 is 0 Å². The Morgan fingerprint density at radius 2 is 1.33 bits per heavy atom. The minimum atomic E-state index is 0.819. The van der Waals surface area contributed by atoms with Gasteiger partial charge >= 0.3 is 0 Å². The summed E-state index contributed by atoms with van der Waals surface area (Å²) in [6, 6.07) is 0.819. The Bertz CT molecular complexity index is 208. The predicted octanol–water partition coefficient (Wildman–Crippen LogP) is 6.47. The van der Waals surface area contributed by atoms with Gasteiger partial charge in [0, 0.05) is 6.04 Å². The average Bonchev–Trinajstić information content (AvgIpc) is 2.53. The molecular formula is C20H41N. The summed E-state index contributed by atoms with van der Waals surface area (Å²) in [5.41, 5.74) is 0. The Morgan fingerprint density at radius 1 is 0.762 bits per heavy atom. The van der Waals surface area contributed by atoms with Crippen LogP contribution in [-0.2, 0) is 0 Å². The SMILES string of the molecule is CCCCCCCCCCCC(NCC)C1CCCCC1. The molecule has 1 aliphatic rings. The zero-order chi connectivity index (χ0) is 15.2. The van der Waals surface area contributed by atoms with E-state index in [2.05, 4.69) is 19.2 Å². The van der Waals surface area contributed by atoms with Crippen molar-refractivity contribution in [3.63, 3.8) is 0 Å². The Labute approximate surface area is 134 Å². The average molecular weight is 296 g/mol. The van der Waals surface area contributed by atoms with Gasteiger partial charge in [-0.25, -0.2) is 0 Å². The second-order valence-corrected chi connectivity index (χ2v) is 7.18. The molecule has 1 rings (SSSR count). The molecule has 1 fully saturated rings. The maximum atomic E-state index is 3.78. The number of hydrogen-bond acceptors (Lipinski definition) is 1. The Hall–Kier alpha value is -0.0400. The van der Waals surface area contributed by atoms with Gasteiger partial charge in [-0.05, 0) is 31.7 Å². The van der Waals surface area contributed by atoms with Crippen molar-refractivity contribution in [2.24, 2.45) is 5.92 Å². The molecule has 0 aromatic heterocycles. The van der Waals surface area contributed by atoms with Crippen LogP contribution in [0, 0.1) is 5.92 Å². The Kier molecular flexibility index (Phi) is 12.3. The molecule has 0 amide bonds. The molecule has 0 bridgehead atoms. The quantitative estimate of drug-likeness (QED) is 0.384. The Morgan fingerprint density at radius 3 is 1.90 bits per heavy atom. The molecule has 0 spiro atoms. The minimum absolute atomic E-state index is 0.819. The van der Waals surface area contributed by atoms with Gasteiger partial charge in [-0.3, -0.25) is 0 Å². The smallest absolute Gasteiger partial charge is 0.00952 e. The standard InChI is InChI=1S/C20H41N/c1-3-5-6-7-8-9-10-11-15-18-20(21-4-2)19-16-13-12-14-17-19/h19-21H,3-18H2,1-2H3. The molecule has 1 saturated carbocycles. The highest BCUT2D eigenvalue weighted by atomic mass is 14.9. The molecule has 0 radical (unpaired) electrons. The first-order chi connectivity index (χ1) is 10.4. The van der Waals surface area contributed by atoms with E-state index in [0.29, 0.717) is 0 Å². The summed E-state index contributed by atoms with van der Waals surface area (Å²) < 4.78 is 0. The van der Waals surface area contributed by atoms with Crippen molar-refractivity contribution in [1.29, 1.82) is 0 Å². The topological polar surface area (TPSA) is 12.0 Å². The van der Waals surface area contributed by atoms with Crippen LogP contribution in [0.5, 0.6) is 0 Å². The number of hydrogen-bond donors (Lipinski definition) is 1. The van der Waals surface area contributed by atoms with Crippen molar-refractivity contribution in [1.82, 2.24) is 5.32 Å². The minimum Gasteiger partial charge on any atom is -0.314 e. The molecular weight excluding hydrogens is 254 g/mol. The van der Waals surface area contributed by atoms with Crippen LogP contribution in [0.25, 0.3) is 0 Å². The van der Waals surface area contributed by atoms with E-state index in [1.165, 1.54) is 96.3 Å². The van der Waals surface area contributed by atoms with Gasteiger partial charge in [0.25, 0.3) is 0 Å². The predicted molar refractivity (Wildman–Crippen MR) is 95.9 cm³/mol. The van der Waals surface area contributed by atoms with E-state index in [4.69, 9.17) is 0 Å². The van der Waals surface area contributed by atoms with Crippen LogP contribution in [0.15, 0.2) is 0 Å². The van der Waals surface area contributed by atoms with E-state index in [1.807, 2.05) is 0 Å². The molecule has 1 N–H and O–H groups in total. The first-order valence-electron chi connectivity index (χ1n) is 10.1. The fraction of sp³-hybridized carbons (Fsp3) is 1.00. The lowest BCUT2D eigenvalue weighted by Gasteiger charge is -2.31. The second kappa shape index (κ2) is 13.6. The molecule has 1 aliphatic carbocycles. The summed E-state index contributed by atoms with van der Waals surface area (Å²) in [4.78, 5) is 0. The fourth-order valence-electron chi connectivity index (χ4n) is 3.98. The van der Waals surface area contributed by atoms with Gasteiger partial charge in [0.05, 0.1) is 0 Å². The molecule has 1 atom stereocenters. The largest absolute Gasteiger partial charge is 0.314 e. The van der Waals surface area contributed by atoms with Gasteiger partial charge in [-0.2, -0.15) is 0 Å². The summed E-state index contributed by atoms with van der Waals surface area (Å²) in [7, 11) is 0. The first kappa shape index (κ1) is 19.0. The maximum Gasteiger partial charge on any atom is 0.00952 e. The van der Waals surface area contributed by atoms with Crippen molar-refractivity contribution in [3.8, 4) is 0 Å². The number of nitrogens with one attached hydrogen (secondary N) is 1. The fourth-order valence-corrected chi connectivity index (χ4v) is 3.98. The Balaban J connectivity index is 1.99. The highest BCUT2D eigenvalue weighted by Crippen LogP contribution is 2.28. The lowest BCUT2D eigenvalue weighted by Crippen LogP contribution is -2.37. The molecule has 0 aromatic rings. The van der Waals surface area contributed by atoms with Gasteiger partial charge in [0.2, 0.25) is 0 Å². The highest BCUT2D eigenvalue weighted by molar-refractivity contribution is 4.79. The van der Waals surface area contributed by atoms with Gasteiger partial charge in [0.1, 0.15) is 0 Å². The van der Waals surface area contributed by atoms with E-state index >= 15 is 0 Å². The first-order valence-corrected chi connectivity index (χ1v) is 10.1. The van der Waals surface area contributed by atoms with Gasteiger partial charge in [0.15, 0.2) is 0 Å². The molecule has 1 nitrogen and oxygen atoms in total. The van der Waals surface area contributed by atoms with Crippen LogP contribution >= 0.6 is 0 Å². The molecule has 0 saturated heterocycles. The van der Waals surface area contributed by atoms with E-state index in [9.17, 15) is 0 Å². The monoisotopic (exact) mass is 295 g/mol. The van der Waals surface area contributed by atoms with Crippen LogP contribution in [0.2, 0.25) is 0 Å². The summed E-state index contributed by atoms with van der Waals surface area (Å²) >= 11 is 0. The van der Waals surface area contributed by atoms with Crippen molar-refractivity contribution < 1.29 is 0 Å². The zero-order valence-corrected chi connectivity index (χ0v) is 15.0. The summed E-state index contributed by atoms with van der Waals surface area (Å²) in [5, 5.41) is 3.78. The summed E-state index contributed by atoms with van der Waals surface area (Å²) in [6.07, 6.45) is 21.9. The number of unbranched alkanes of at least 4 members (excludes halogenated alkanes) is 8. The van der Waals surface area contributed by atoms with E-state index in [1.54, 1.807) is 0 Å². The summed E-state index contributed by atoms with van der Waals surface area (Å²) in [6.45, 7) is 5.72. The molecule has 0 aliphatic heterocycles. The third-order valence-corrected chi connectivity index (χ3v) is 5.30. The van der Waals surface area contributed by atoms with Crippen LogP contribution in [0.1, 0.15) is 110 Å².